The normalized spacial score (nSPS) is 10.9. The van der Waals surface area contributed by atoms with Crippen molar-refractivity contribution in [3.63, 3.8) is 0 Å². The summed E-state index contributed by atoms with van der Waals surface area (Å²) in [6.45, 7) is 0.998. The lowest BCUT2D eigenvalue weighted by atomic mass is 10.1. The second kappa shape index (κ2) is 10.6. The Morgan fingerprint density at radius 1 is 1.13 bits per heavy atom. The van der Waals surface area contributed by atoms with Crippen molar-refractivity contribution in [2.45, 2.75) is 12.8 Å². The van der Waals surface area contributed by atoms with Crippen molar-refractivity contribution in [3.05, 3.63) is 60.0 Å². The Morgan fingerprint density at radius 3 is 2.61 bits per heavy atom. The van der Waals surface area contributed by atoms with Gasteiger partial charge in [-0.3, -0.25) is 14.8 Å². The fourth-order valence-electron chi connectivity index (χ4n) is 3.22. The first kappa shape index (κ1) is 22.3. The van der Waals surface area contributed by atoms with Gasteiger partial charge >= 0.3 is 0 Å². The lowest BCUT2D eigenvalue weighted by Gasteiger charge is -2.17. The van der Waals surface area contributed by atoms with Gasteiger partial charge in [-0.2, -0.15) is 5.10 Å². The SMILES string of the molecule is COc1ccc(OC)c(NC(=O)CN(C)CCCc2cc(-c3ccc(F)cc3)n[nH]2)c1. The van der Waals surface area contributed by atoms with Gasteiger partial charge in [0.1, 0.15) is 17.3 Å². The summed E-state index contributed by atoms with van der Waals surface area (Å²) in [5, 5.41) is 10.2. The Kier molecular flexibility index (Phi) is 7.61. The number of ether oxygens (including phenoxy) is 2. The van der Waals surface area contributed by atoms with Crippen molar-refractivity contribution in [1.29, 1.82) is 0 Å². The van der Waals surface area contributed by atoms with Crippen molar-refractivity contribution in [3.8, 4) is 22.8 Å². The Hall–Kier alpha value is -3.39. The average Bonchev–Trinajstić information content (AvgIpc) is 3.23. The Labute approximate surface area is 181 Å². The number of halogens is 1. The van der Waals surface area contributed by atoms with Gasteiger partial charge in [-0.05, 0) is 68.9 Å². The van der Waals surface area contributed by atoms with Crippen LogP contribution < -0.4 is 14.8 Å². The standard InChI is InChI=1S/C23H27FN4O3/c1-28(15-23(29)25-21-14-19(30-2)10-11-22(21)31-3)12-4-5-18-13-20(27-26-18)16-6-8-17(24)9-7-16/h6-11,13-14H,4-5,12,15H2,1-3H3,(H,25,29)(H,26,27). The Balaban J connectivity index is 1.46. The Bertz CT molecular complexity index is 1000. The van der Waals surface area contributed by atoms with Crippen LogP contribution in [0.4, 0.5) is 10.1 Å². The van der Waals surface area contributed by atoms with Crippen molar-refractivity contribution in [1.82, 2.24) is 15.1 Å². The van der Waals surface area contributed by atoms with Gasteiger partial charge < -0.3 is 14.8 Å². The van der Waals surface area contributed by atoms with Crippen LogP contribution in [0.15, 0.2) is 48.5 Å². The summed E-state index contributed by atoms with van der Waals surface area (Å²) in [6.07, 6.45) is 1.65. The molecule has 3 rings (SSSR count). The van der Waals surface area contributed by atoms with Crippen molar-refractivity contribution >= 4 is 11.6 Å². The van der Waals surface area contributed by atoms with Crippen molar-refractivity contribution in [2.24, 2.45) is 0 Å². The lowest BCUT2D eigenvalue weighted by molar-refractivity contribution is -0.117. The van der Waals surface area contributed by atoms with Gasteiger partial charge in [0, 0.05) is 17.3 Å². The van der Waals surface area contributed by atoms with E-state index in [2.05, 4.69) is 15.5 Å². The summed E-state index contributed by atoms with van der Waals surface area (Å²) in [5.41, 5.74) is 3.23. The van der Waals surface area contributed by atoms with Gasteiger partial charge in [0.2, 0.25) is 5.91 Å². The first-order valence-electron chi connectivity index (χ1n) is 9.99. The molecular weight excluding hydrogens is 399 g/mol. The summed E-state index contributed by atoms with van der Waals surface area (Å²) in [5.74, 6) is 0.822. The smallest absolute Gasteiger partial charge is 0.238 e. The largest absolute Gasteiger partial charge is 0.497 e. The number of hydrogen-bond acceptors (Lipinski definition) is 5. The molecule has 3 aromatic rings. The van der Waals surface area contributed by atoms with Crippen LogP contribution in [-0.4, -0.2) is 55.4 Å². The van der Waals surface area contributed by atoms with E-state index in [1.54, 1.807) is 44.6 Å². The zero-order valence-electron chi connectivity index (χ0n) is 17.9. The van der Waals surface area contributed by atoms with Crippen LogP contribution in [0.5, 0.6) is 11.5 Å². The number of likely N-dealkylation sites (N-methyl/N-ethyl adjacent to an activating group) is 1. The number of hydrogen-bond donors (Lipinski definition) is 2. The summed E-state index contributed by atoms with van der Waals surface area (Å²) < 4.78 is 23.6. The monoisotopic (exact) mass is 426 g/mol. The zero-order chi connectivity index (χ0) is 22.2. The van der Waals surface area contributed by atoms with E-state index in [9.17, 15) is 9.18 Å². The molecule has 1 amide bonds. The second-order valence-corrected chi connectivity index (χ2v) is 7.24. The molecule has 31 heavy (non-hydrogen) atoms. The minimum absolute atomic E-state index is 0.130. The minimum Gasteiger partial charge on any atom is -0.497 e. The highest BCUT2D eigenvalue weighted by molar-refractivity contribution is 5.94. The van der Waals surface area contributed by atoms with Gasteiger partial charge in [-0.15, -0.1) is 0 Å². The molecule has 0 aliphatic heterocycles. The van der Waals surface area contributed by atoms with Gasteiger partial charge in [0.15, 0.2) is 0 Å². The topological polar surface area (TPSA) is 79.5 Å². The number of aromatic amines is 1. The fraction of sp³-hybridized carbons (Fsp3) is 0.304. The van der Waals surface area contributed by atoms with Gasteiger partial charge in [0.05, 0.1) is 32.1 Å². The third-order valence-corrected chi connectivity index (χ3v) is 4.85. The van der Waals surface area contributed by atoms with E-state index < -0.39 is 0 Å². The minimum atomic E-state index is -0.267. The molecule has 164 valence electrons. The molecule has 0 bridgehead atoms. The van der Waals surface area contributed by atoms with E-state index in [4.69, 9.17) is 9.47 Å². The van der Waals surface area contributed by atoms with Crippen LogP contribution >= 0.6 is 0 Å². The summed E-state index contributed by atoms with van der Waals surface area (Å²) in [7, 11) is 5.03. The van der Waals surface area contributed by atoms with Crippen LogP contribution in [0, 0.1) is 5.82 Å². The first-order chi connectivity index (χ1) is 15.0. The summed E-state index contributed by atoms with van der Waals surface area (Å²) >= 11 is 0. The number of nitrogens with one attached hydrogen (secondary N) is 2. The highest BCUT2D eigenvalue weighted by Crippen LogP contribution is 2.28. The maximum atomic E-state index is 13.1. The number of anilines is 1. The molecule has 0 aliphatic rings. The summed E-state index contributed by atoms with van der Waals surface area (Å²) in [4.78, 5) is 14.4. The average molecular weight is 426 g/mol. The lowest BCUT2D eigenvalue weighted by Crippen LogP contribution is -2.31. The molecule has 2 N–H and O–H groups in total. The van der Waals surface area contributed by atoms with E-state index in [-0.39, 0.29) is 18.3 Å². The van der Waals surface area contributed by atoms with Gasteiger partial charge in [-0.25, -0.2) is 4.39 Å². The zero-order valence-corrected chi connectivity index (χ0v) is 17.9. The quantitative estimate of drug-likeness (QED) is 0.516. The van der Waals surface area contributed by atoms with Crippen LogP contribution in [0.3, 0.4) is 0 Å². The molecule has 0 saturated heterocycles. The molecule has 0 radical (unpaired) electrons. The number of carbonyl (C=O) groups excluding carboxylic acids is 1. The predicted octanol–water partition coefficient (Wildman–Crippen LogP) is 3.74. The van der Waals surface area contributed by atoms with E-state index in [1.165, 1.54) is 12.1 Å². The van der Waals surface area contributed by atoms with Crippen LogP contribution in [-0.2, 0) is 11.2 Å². The van der Waals surface area contributed by atoms with Crippen molar-refractivity contribution < 1.29 is 18.7 Å². The molecular formula is C23H27FN4O3. The number of methoxy groups -OCH3 is 2. The summed E-state index contributed by atoms with van der Waals surface area (Å²) in [6, 6.07) is 13.5. The fourth-order valence-corrected chi connectivity index (χ4v) is 3.22. The van der Waals surface area contributed by atoms with E-state index >= 15 is 0 Å². The number of aryl methyl sites for hydroxylation is 1. The number of nitrogens with zero attached hydrogens (tertiary/aromatic N) is 2. The van der Waals surface area contributed by atoms with E-state index in [0.717, 1.165) is 36.3 Å². The first-order valence-corrected chi connectivity index (χ1v) is 9.99. The third-order valence-electron chi connectivity index (χ3n) is 4.85. The third kappa shape index (κ3) is 6.29. The van der Waals surface area contributed by atoms with Crippen LogP contribution in [0.1, 0.15) is 12.1 Å². The van der Waals surface area contributed by atoms with Crippen LogP contribution in [0.25, 0.3) is 11.3 Å². The molecule has 0 fully saturated rings. The Morgan fingerprint density at radius 2 is 1.90 bits per heavy atom. The highest BCUT2D eigenvalue weighted by atomic mass is 19.1. The number of aromatic nitrogens is 2. The molecule has 0 spiro atoms. The molecule has 7 nitrogen and oxygen atoms in total. The molecule has 2 aromatic carbocycles. The maximum Gasteiger partial charge on any atom is 0.238 e. The molecule has 1 heterocycles. The van der Waals surface area contributed by atoms with Crippen molar-refractivity contribution in [2.75, 3.05) is 39.7 Å². The predicted molar refractivity (Wildman–Crippen MR) is 118 cm³/mol. The number of H-pyrrole nitrogens is 1. The highest BCUT2D eigenvalue weighted by Gasteiger charge is 2.12. The maximum absolute atomic E-state index is 13.1. The number of carbonyl (C=O) groups is 1. The molecule has 0 atom stereocenters. The van der Waals surface area contributed by atoms with Crippen LogP contribution in [0.2, 0.25) is 0 Å². The number of rotatable bonds is 10. The number of amides is 1. The van der Waals surface area contributed by atoms with Gasteiger partial charge in [-0.1, -0.05) is 0 Å². The number of benzene rings is 2. The molecule has 8 heteroatoms. The van der Waals surface area contributed by atoms with Gasteiger partial charge in [0.25, 0.3) is 0 Å². The molecule has 1 aromatic heterocycles. The molecule has 0 unspecified atom stereocenters. The second-order valence-electron chi connectivity index (χ2n) is 7.24. The molecule has 0 aliphatic carbocycles. The molecule has 0 saturated carbocycles. The van der Waals surface area contributed by atoms with E-state index in [1.807, 2.05) is 18.0 Å². The van der Waals surface area contributed by atoms with E-state index in [0.29, 0.717) is 17.2 Å².